The molecule has 3 aromatic rings. The number of nitrogens with two attached hydrogens (primary N) is 1. The molecule has 76 valence electrons. The van der Waals surface area contributed by atoms with E-state index in [-0.39, 0.29) is 0 Å². The fourth-order valence-electron chi connectivity index (χ4n) is 1.51. The predicted molar refractivity (Wildman–Crippen MR) is 74.8 cm³/mol. The summed E-state index contributed by atoms with van der Waals surface area (Å²) < 4.78 is 4.58. The van der Waals surface area contributed by atoms with Crippen LogP contribution < -0.4 is 5.73 Å². The summed E-state index contributed by atoms with van der Waals surface area (Å²) in [5.41, 5.74) is 6.87. The molecule has 0 aromatic carbocycles. The van der Waals surface area contributed by atoms with Gasteiger partial charge in [-0.25, -0.2) is 4.98 Å². The third kappa shape index (κ3) is 1.51. The van der Waals surface area contributed by atoms with Crippen LogP contribution in [0.1, 0.15) is 0 Å². The van der Waals surface area contributed by atoms with Crippen LogP contribution in [-0.2, 0) is 0 Å². The van der Waals surface area contributed by atoms with Gasteiger partial charge in [-0.05, 0) is 44.0 Å². The van der Waals surface area contributed by atoms with Crippen molar-refractivity contribution in [3.8, 4) is 0 Å². The van der Waals surface area contributed by atoms with Gasteiger partial charge in [0.25, 0.3) is 0 Å². The standard InChI is InChI=1S/C9H4Br2N2S2/c10-5-1-3-7(14-5)8-4(13-9(3)12)2-6(11)15-8/h1-2H,(H2,12,13). The molecule has 0 amide bonds. The van der Waals surface area contributed by atoms with E-state index in [1.54, 1.807) is 22.7 Å². The summed E-state index contributed by atoms with van der Waals surface area (Å²) in [6.07, 6.45) is 0. The number of aromatic nitrogens is 1. The van der Waals surface area contributed by atoms with Gasteiger partial charge >= 0.3 is 0 Å². The number of anilines is 1. The number of hydrogen-bond donors (Lipinski definition) is 1. The SMILES string of the molecule is Nc1nc2cc(Br)sc2c2sc(Br)cc12. The number of rotatable bonds is 0. The molecule has 2 nitrogen and oxygen atoms in total. The second kappa shape index (κ2) is 3.41. The molecule has 0 unspecified atom stereocenters. The van der Waals surface area contributed by atoms with Gasteiger partial charge in [-0.1, -0.05) is 0 Å². The molecule has 3 rings (SSSR count). The van der Waals surface area contributed by atoms with Crippen molar-refractivity contribution in [1.82, 2.24) is 4.98 Å². The number of thiophene rings is 2. The Morgan fingerprint density at radius 2 is 1.73 bits per heavy atom. The predicted octanol–water partition coefficient (Wildman–Crippen LogP) is 4.62. The van der Waals surface area contributed by atoms with E-state index >= 15 is 0 Å². The van der Waals surface area contributed by atoms with Crippen LogP contribution in [0.2, 0.25) is 0 Å². The van der Waals surface area contributed by atoms with E-state index in [0.717, 1.165) is 18.5 Å². The van der Waals surface area contributed by atoms with Crippen molar-refractivity contribution >= 4 is 80.7 Å². The summed E-state index contributed by atoms with van der Waals surface area (Å²) in [6.45, 7) is 0. The van der Waals surface area contributed by atoms with Gasteiger partial charge in [-0.3, -0.25) is 0 Å². The molecule has 0 bridgehead atoms. The highest BCUT2D eigenvalue weighted by Gasteiger charge is 2.11. The Labute approximate surface area is 110 Å². The molecular weight excluding hydrogens is 360 g/mol. The van der Waals surface area contributed by atoms with E-state index in [2.05, 4.69) is 36.8 Å². The minimum atomic E-state index is 0.602. The third-order valence-corrected chi connectivity index (χ3v) is 5.54. The fraction of sp³-hybridized carbons (Fsp3) is 0. The van der Waals surface area contributed by atoms with E-state index in [1.807, 2.05) is 12.1 Å². The van der Waals surface area contributed by atoms with Crippen LogP contribution in [0.3, 0.4) is 0 Å². The van der Waals surface area contributed by atoms with Gasteiger partial charge in [0.1, 0.15) is 5.82 Å². The van der Waals surface area contributed by atoms with Crippen LogP contribution in [0.4, 0.5) is 5.82 Å². The first-order valence-corrected chi connectivity index (χ1v) is 7.30. The van der Waals surface area contributed by atoms with E-state index in [9.17, 15) is 0 Å². The molecule has 0 atom stereocenters. The van der Waals surface area contributed by atoms with Crippen LogP contribution in [0.5, 0.6) is 0 Å². The van der Waals surface area contributed by atoms with Crippen molar-refractivity contribution < 1.29 is 0 Å². The highest BCUT2D eigenvalue weighted by molar-refractivity contribution is 9.11. The molecule has 0 aliphatic carbocycles. The van der Waals surface area contributed by atoms with Crippen molar-refractivity contribution in [3.63, 3.8) is 0 Å². The first-order valence-electron chi connectivity index (χ1n) is 4.09. The van der Waals surface area contributed by atoms with Gasteiger partial charge < -0.3 is 5.73 Å². The van der Waals surface area contributed by atoms with Crippen LogP contribution in [0, 0.1) is 0 Å². The van der Waals surface area contributed by atoms with Crippen LogP contribution in [0.15, 0.2) is 19.7 Å². The van der Waals surface area contributed by atoms with E-state index in [4.69, 9.17) is 5.73 Å². The molecule has 0 spiro atoms. The van der Waals surface area contributed by atoms with Crippen molar-refractivity contribution in [3.05, 3.63) is 19.7 Å². The summed E-state index contributed by atoms with van der Waals surface area (Å²) in [5, 5.41) is 1.04. The fourth-order valence-corrected chi connectivity index (χ4v) is 4.79. The Morgan fingerprint density at radius 3 is 2.53 bits per heavy atom. The maximum atomic E-state index is 5.91. The lowest BCUT2D eigenvalue weighted by molar-refractivity contribution is 1.46. The van der Waals surface area contributed by atoms with E-state index in [1.165, 1.54) is 9.40 Å². The first kappa shape index (κ1) is 10.0. The molecule has 6 heteroatoms. The zero-order chi connectivity index (χ0) is 10.6. The topological polar surface area (TPSA) is 38.9 Å². The minimum Gasteiger partial charge on any atom is -0.383 e. The van der Waals surface area contributed by atoms with E-state index in [0.29, 0.717) is 5.82 Å². The normalized spacial score (nSPS) is 11.6. The molecule has 0 saturated carbocycles. The Kier molecular flexibility index (Phi) is 2.28. The van der Waals surface area contributed by atoms with Crippen LogP contribution in [0.25, 0.3) is 20.3 Å². The summed E-state index contributed by atoms with van der Waals surface area (Å²) in [5.74, 6) is 0.602. The highest BCUT2D eigenvalue weighted by atomic mass is 79.9. The van der Waals surface area contributed by atoms with Crippen molar-refractivity contribution in [2.24, 2.45) is 0 Å². The lowest BCUT2D eigenvalue weighted by atomic mass is 10.3. The Balaban J connectivity index is 2.61. The number of nitrogen functional groups attached to an aromatic ring is 1. The molecule has 3 heterocycles. The zero-order valence-electron chi connectivity index (χ0n) is 7.25. The Hall–Kier alpha value is -0.170. The van der Waals surface area contributed by atoms with Gasteiger partial charge in [-0.2, -0.15) is 0 Å². The van der Waals surface area contributed by atoms with Gasteiger partial charge in [0.05, 0.1) is 22.5 Å². The van der Waals surface area contributed by atoms with Gasteiger partial charge in [0.15, 0.2) is 0 Å². The number of pyridine rings is 1. The zero-order valence-corrected chi connectivity index (χ0v) is 12.1. The van der Waals surface area contributed by atoms with Crippen molar-refractivity contribution in [1.29, 1.82) is 0 Å². The summed E-state index contributed by atoms with van der Waals surface area (Å²) in [7, 11) is 0. The second-order valence-corrected chi connectivity index (χ2v) is 7.92. The smallest absolute Gasteiger partial charge is 0.132 e. The van der Waals surface area contributed by atoms with Gasteiger partial charge in [0.2, 0.25) is 0 Å². The number of hydrogen-bond acceptors (Lipinski definition) is 4. The molecule has 3 aromatic heterocycles. The molecule has 15 heavy (non-hydrogen) atoms. The minimum absolute atomic E-state index is 0.602. The van der Waals surface area contributed by atoms with Crippen molar-refractivity contribution in [2.45, 2.75) is 0 Å². The maximum Gasteiger partial charge on any atom is 0.132 e. The lowest BCUT2D eigenvalue weighted by Gasteiger charge is -1.95. The number of halogens is 2. The van der Waals surface area contributed by atoms with E-state index < -0.39 is 0 Å². The summed E-state index contributed by atoms with van der Waals surface area (Å²) in [6, 6.07) is 4.03. The molecule has 2 N–H and O–H groups in total. The molecule has 0 fully saturated rings. The molecular formula is C9H4Br2N2S2. The highest BCUT2D eigenvalue weighted by Crippen LogP contribution is 2.41. The first-order chi connectivity index (χ1) is 7.15. The van der Waals surface area contributed by atoms with Crippen LogP contribution in [-0.4, -0.2) is 4.98 Å². The molecule has 0 aliphatic rings. The lowest BCUT2D eigenvalue weighted by Crippen LogP contribution is -1.89. The summed E-state index contributed by atoms with van der Waals surface area (Å²) >= 11 is 10.3. The second-order valence-electron chi connectivity index (χ2n) is 3.06. The quantitative estimate of drug-likeness (QED) is 0.632. The molecule has 0 saturated heterocycles. The third-order valence-electron chi connectivity index (χ3n) is 2.11. The Bertz CT molecular complexity index is 671. The average Bonchev–Trinajstić information content (AvgIpc) is 2.68. The van der Waals surface area contributed by atoms with Gasteiger partial charge in [0, 0.05) is 5.39 Å². The molecule has 0 radical (unpaired) electrons. The monoisotopic (exact) mass is 362 g/mol. The number of nitrogens with zero attached hydrogens (tertiary/aromatic N) is 1. The Morgan fingerprint density at radius 1 is 1.07 bits per heavy atom. The average molecular weight is 364 g/mol. The van der Waals surface area contributed by atoms with Crippen LogP contribution >= 0.6 is 54.5 Å². The largest absolute Gasteiger partial charge is 0.383 e. The summed E-state index contributed by atoms with van der Waals surface area (Å²) in [4.78, 5) is 4.38. The van der Waals surface area contributed by atoms with Crippen molar-refractivity contribution in [2.75, 3.05) is 5.73 Å². The number of fused-ring (bicyclic) bond motifs is 3. The maximum absolute atomic E-state index is 5.91. The molecule has 0 aliphatic heterocycles. The van der Waals surface area contributed by atoms with Gasteiger partial charge in [-0.15, -0.1) is 22.7 Å².